The van der Waals surface area contributed by atoms with Gasteiger partial charge in [0.05, 0.1) is 0 Å². The number of carbonyl (C=O) groups is 1. The molecule has 18 heavy (non-hydrogen) atoms. The van der Waals surface area contributed by atoms with Gasteiger partial charge in [-0.2, -0.15) is 0 Å². The minimum absolute atomic E-state index is 0.237. The van der Waals surface area contributed by atoms with E-state index in [0.29, 0.717) is 6.04 Å². The van der Waals surface area contributed by atoms with Crippen LogP contribution < -0.4 is 10.6 Å². The lowest BCUT2D eigenvalue weighted by molar-refractivity contribution is -0.123. The summed E-state index contributed by atoms with van der Waals surface area (Å²) < 4.78 is 0. The van der Waals surface area contributed by atoms with E-state index >= 15 is 0 Å². The molecule has 2 N–H and O–H groups in total. The van der Waals surface area contributed by atoms with Crippen molar-refractivity contribution in [1.29, 1.82) is 0 Å². The fourth-order valence-corrected chi connectivity index (χ4v) is 4.24. The average Bonchev–Trinajstić information content (AvgIpc) is 2.63. The Hall–Kier alpha value is -0.610. The first-order chi connectivity index (χ1) is 8.78. The van der Waals surface area contributed by atoms with Gasteiger partial charge < -0.3 is 10.6 Å². The lowest BCUT2D eigenvalue weighted by atomic mass is 9.93. The van der Waals surface area contributed by atoms with Gasteiger partial charge >= 0.3 is 0 Å². The van der Waals surface area contributed by atoms with Crippen LogP contribution in [0.15, 0.2) is 0 Å². The van der Waals surface area contributed by atoms with Gasteiger partial charge in [0, 0.05) is 37.1 Å². The number of rotatable bonds is 3. The van der Waals surface area contributed by atoms with Crippen molar-refractivity contribution in [1.82, 2.24) is 15.5 Å². The first kappa shape index (κ1) is 12.4. The maximum Gasteiger partial charge on any atom is 0.220 e. The molecule has 0 saturated carbocycles. The number of piperidine rings is 2. The summed E-state index contributed by atoms with van der Waals surface area (Å²) in [6.07, 6.45) is 7.10. The van der Waals surface area contributed by atoms with E-state index in [1.54, 1.807) is 0 Å². The number of fused-ring (bicyclic) bond motifs is 2. The SMILES string of the molecule is CCNC1CC2CCC(C1)N2C1CCC(=O)NC1. The second-order valence-corrected chi connectivity index (χ2v) is 6.05. The lowest BCUT2D eigenvalue weighted by Crippen LogP contribution is -2.57. The minimum Gasteiger partial charge on any atom is -0.355 e. The number of carbonyl (C=O) groups excluding carboxylic acids is 1. The number of hydrogen-bond donors (Lipinski definition) is 2. The van der Waals surface area contributed by atoms with Crippen LogP contribution >= 0.6 is 0 Å². The quantitative estimate of drug-likeness (QED) is 0.782. The van der Waals surface area contributed by atoms with Gasteiger partial charge in [0.15, 0.2) is 0 Å². The van der Waals surface area contributed by atoms with Crippen molar-refractivity contribution in [2.24, 2.45) is 0 Å². The first-order valence-corrected chi connectivity index (χ1v) is 7.55. The monoisotopic (exact) mass is 251 g/mol. The van der Waals surface area contributed by atoms with E-state index in [0.717, 1.165) is 44.1 Å². The van der Waals surface area contributed by atoms with E-state index in [4.69, 9.17) is 0 Å². The molecule has 3 aliphatic heterocycles. The molecule has 0 aromatic rings. The van der Waals surface area contributed by atoms with Crippen LogP contribution in [0.1, 0.15) is 45.4 Å². The van der Waals surface area contributed by atoms with E-state index in [-0.39, 0.29) is 5.91 Å². The maximum absolute atomic E-state index is 11.3. The first-order valence-electron chi connectivity index (χ1n) is 7.55. The van der Waals surface area contributed by atoms with Gasteiger partial charge in [0.1, 0.15) is 0 Å². The molecule has 3 heterocycles. The normalized spacial score (nSPS) is 40.8. The van der Waals surface area contributed by atoms with Crippen LogP contribution in [-0.4, -0.2) is 48.1 Å². The second-order valence-electron chi connectivity index (χ2n) is 6.05. The molecule has 3 unspecified atom stereocenters. The van der Waals surface area contributed by atoms with E-state index in [1.807, 2.05) is 0 Å². The number of hydrogen-bond acceptors (Lipinski definition) is 3. The summed E-state index contributed by atoms with van der Waals surface area (Å²) in [5.41, 5.74) is 0. The van der Waals surface area contributed by atoms with Gasteiger partial charge in [-0.05, 0) is 38.6 Å². The zero-order valence-electron chi connectivity index (χ0n) is 11.3. The summed E-state index contributed by atoms with van der Waals surface area (Å²) >= 11 is 0. The fraction of sp³-hybridized carbons (Fsp3) is 0.929. The molecule has 0 radical (unpaired) electrons. The smallest absolute Gasteiger partial charge is 0.220 e. The van der Waals surface area contributed by atoms with Crippen molar-refractivity contribution in [3.8, 4) is 0 Å². The maximum atomic E-state index is 11.3. The highest BCUT2D eigenvalue weighted by atomic mass is 16.1. The Kier molecular flexibility index (Phi) is 3.57. The van der Waals surface area contributed by atoms with E-state index < -0.39 is 0 Å². The molecule has 0 aromatic heterocycles. The lowest BCUT2D eigenvalue weighted by Gasteiger charge is -2.45. The fourth-order valence-electron chi connectivity index (χ4n) is 4.24. The topological polar surface area (TPSA) is 44.4 Å². The van der Waals surface area contributed by atoms with Crippen LogP contribution in [-0.2, 0) is 4.79 Å². The highest BCUT2D eigenvalue weighted by Crippen LogP contribution is 2.38. The number of amides is 1. The summed E-state index contributed by atoms with van der Waals surface area (Å²) in [5.74, 6) is 0.237. The molecule has 4 heteroatoms. The van der Waals surface area contributed by atoms with Crippen LogP contribution in [0.4, 0.5) is 0 Å². The Morgan fingerprint density at radius 1 is 1.22 bits per heavy atom. The molecular weight excluding hydrogens is 226 g/mol. The van der Waals surface area contributed by atoms with Gasteiger partial charge in [0.25, 0.3) is 0 Å². The van der Waals surface area contributed by atoms with Crippen LogP contribution in [0.25, 0.3) is 0 Å². The Balaban J connectivity index is 1.63. The zero-order valence-corrected chi connectivity index (χ0v) is 11.3. The standard InChI is InChI=1S/C14H25N3O/c1-2-15-10-7-11-3-4-12(8-10)17(11)13-5-6-14(18)16-9-13/h10-13,15H,2-9H2,1H3,(H,16,18). The van der Waals surface area contributed by atoms with Gasteiger partial charge in [-0.15, -0.1) is 0 Å². The molecule has 3 aliphatic rings. The highest BCUT2D eigenvalue weighted by Gasteiger charge is 2.44. The number of nitrogens with one attached hydrogen (secondary N) is 2. The summed E-state index contributed by atoms with van der Waals surface area (Å²) in [6.45, 7) is 4.16. The van der Waals surface area contributed by atoms with Gasteiger partial charge in [-0.25, -0.2) is 0 Å². The largest absolute Gasteiger partial charge is 0.355 e. The molecular formula is C14H25N3O. The third-order valence-electron chi connectivity index (χ3n) is 4.94. The molecule has 1 amide bonds. The Bertz CT molecular complexity index is 296. The predicted molar refractivity (Wildman–Crippen MR) is 71.4 cm³/mol. The van der Waals surface area contributed by atoms with Crippen molar-refractivity contribution >= 4 is 5.91 Å². The van der Waals surface area contributed by atoms with Crippen LogP contribution in [0.3, 0.4) is 0 Å². The van der Waals surface area contributed by atoms with Crippen LogP contribution in [0.5, 0.6) is 0 Å². The molecule has 0 aliphatic carbocycles. The van der Waals surface area contributed by atoms with E-state index in [1.165, 1.54) is 25.7 Å². The van der Waals surface area contributed by atoms with Crippen molar-refractivity contribution < 1.29 is 4.79 Å². The molecule has 0 aromatic carbocycles. The van der Waals surface area contributed by atoms with Crippen molar-refractivity contribution in [2.45, 2.75) is 69.6 Å². The van der Waals surface area contributed by atoms with E-state index in [2.05, 4.69) is 22.5 Å². The molecule has 2 bridgehead atoms. The minimum atomic E-state index is 0.237. The molecule has 102 valence electrons. The summed E-state index contributed by atoms with van der Waals surface area (Å²) in [7, 11) is 0. The van der Waals surface area contributed by atoms with Crippen LogP contribution in [0, 0.1) is 0 Å². The second kappa shape index (κ2) is 5.17. The summed E-state index contributed by atoms with van der Waals surface area (Å²) in [5, 5.41) is 6.66. The molecule has 3 atom stereocenters. The third kappa shape index (κ3) is 2.28. The molecule has 3 fully saturated rings. The summed E-state index contributed by atoms with van der Waals surface area (Å²) in [4.78, 5) is 14.0. The van der Waals surface area contributed by atoms with Crippen molar-refractivity contribution in [3.63, 3.8) is 0 Å². The van der Waals surface area contributed by atoms with E-state index in [9.17, 15) is 4.79 Å². The van der Waals surface area contributed by atoms with Crippen LogP contribution in [0.2, 0.25) is 0 Å². The zero-order chi connectivity index (χ0) is 12.5. The van der Waals surface area contributed by atoms with Crippen molar-refractivity contribution in [3.05, 3.63) is 0 Å². The Morgan fingerprint density at radius 3 is 2.50 bits per heavy atom. The molecule has 3 saturated heterocycles. The third-order valence-corrected chi connectivity index (χ3v) is 4.94. The molecule has 0 spiro atoms. The Labute approximate surface area is 109 Å². The average molecular weight is 251 g/mol. The Morgan fingerprint density at radius 2 is 1.94 bits per heavy atom. The molecule has 3 rings (SSSR count). The summed E-state index contributed by atoms with van der Waals surface area (Å²) in [6, 6.07) is 2.84. The molecule has 4 nitrogen and oxygen atoms in total. The van der Waals surface area contributed by atoms with Gasteiger partial charge in [0.2, 0.25) is 5.91 Å². The van der Waals surface area contributed by atoms with Gasteiger partial charge in [-0.3, -0.25) is 9.69 Å². The predicted octanol–water partition coefficient (Wildman–Crippen LogP) is 0.870. The van der Waals surface area contributed by atoms with Gasteiger partial charge in [-0.1, -0.05) is 6.92 Å². The highest BCUT2D eigenvalue weighted by molar-refractivity contribution is 5.76. The van der Waals surface area contributed by atoms with Crippen molar-refractivity contribution in [2.75, 3.05) is 13.1 Å². The number of nitrogens with zero attached hydrogens (tertiary/aromatic N) is 1.